The van der Waals surface area contributed by atoms with E-state index in [4.69, 9.17) is 9.47 Å². The molecule has 3 aromatic rings. The molecule has 134 valence electrons. The molecule has 0 spiro atoms. The molecule has 1 amide bonds. The quantitative estimate of drug-likeness (QED) is 0.707. The third-order valence-corrected chi connectivity index (χ3v) is 3.91. The van der Waals surface area contributed by atoms with E-state index in [1.807, 2.05) is 18.3 Å². The zero-order valence-electron chi connectivity index (χ0n) is 14.7. The molecule has 0 aliphatic heterocycles. The number of anilines is 1. The largest absolute Gasteiger partial charge is 0.497 e. The van der Waals surface area contributed by atoms with Gasteiger partial charge in [-0.05, 0) is 42.3 Å². The molecule has 0 bridgehead atoms. The van der Waals surface area contributed by atoms with Gasteiger partial charge in [0.1, 0.15) is 11.5 Å². The number of carbonyl (C=O) groups is 1. The van der Waals surface area contributed by atoms with Crippen molar-refractivity contribution in [2.24, 2.45) is 0 Å². The minimum Gasteiger partial charge on any atom is -0.497 e. The van der Waals surface area contributed by atoms with Crippen LogP contribution in [0.15, 0.2) is 55.0 Å². The van der Waals surface area contributed by atoms with Crippen LogP contribution in [0.4, 0.5) is 5.82 Å². The van der Waals surface area contributed by atoms with Crippen LogP contribution in [-0.4, -0.2) is 34.9 Å². The van der Waals surface area contributed by atoms with E-state index in [1.54, 1.807) is 48.5 Å². The Bertz CT molecular complexity index is 878. The van der Waals surface area contributed by atoms with Crippen molar-refractivity contribution in [2.45, 2.75) is 13.0 Å². The van der Waals surface area contributed by atoms with Gasteiger partial charge in [-0.2, -0.15) is 5.10 Å². The number of hydrogen-bond donors (Lipinski definition) is 1. The Kier molecular flexibility index (Phi) is 5.48. The highest BCUT2D eigenvalue weighted by Crippen LogP contribution is 2.24. The Morgan fingerprint density at radius 2 is 1.92 bits per heavy atom. The summed E-state index contributed by atoms with van der Waals surface area (Å²) in [5.41, 5.74) is 1.57. The van der Waals surface area contributed by atoms with Crippen molar-refractivity contribution >= 4 is 11.7 Å². The van der Waals surface area contributed by atoms with Gasteiger partial charge in [-0.15, -0.1) is 0 Å². The summed E-state index contributed by atoms with van der Waals surface area (Å²) in [5.74, 6) is 1.23. The molecule has 0 unspecified atom stereocenters. The van der Waals surface area contributed by atoms with E-state index in [1.165, 1.54) is 12.7 Å². The molecule has 2 heterocycles. The average Bonchev–Trinajstić information content (AvgIpc) is 3.14. The molecule has 2 aromatic heterocycles. The molecule has 26 heavy (non-hydrogen) atoms. The summed E-state index contributed by atoms with van der Waals surface area (Å²) in [6, 6.07) is 10.8. The summed E-state index contributed by atoms with van der Waals surface area (Å²) in [6.45, 7) is 0.711. The number of amides is 1. The van der Waals surface area contributed by atoms with Crippen molar-refractivity contribution < 1.29 is 14.3 Å². The van der Waals surface area contributed by atoms with Gasteiger partial charge in [0.2, 0.25) is 0 Å². The molecule has 7 heteroatoms. The number of ether oxygens (including phenoxy) is 2. The molecular weight excluding hydrogens is 332 g/mol. The number of hydrogen-bond acceptors (Lipinski definition) is 5. The minimum atomic E-state index is -0.305. The number of nitrogens with one attached hydrogen (secondary N) is 1. The first-order valence-corrected chi connectivity index (χ1v) is 8.15. The molecule has 0 aliphatic rings. The molecule has 0 radical (unpaired) electrons. The van der Waals surface area contributed by atoms with E-state index >= 15 is 0 Å². The summed E-state index contributed by atoms with van der Waals surface area (Å²) in [5, 5.41) is 7.17. The Hall–Kier alpha value is -3.35. The van der Waals surface area contributed by atoms with Gasteiger partial charge < -0.3 is 14.8 Å². The fourth-order valence-electron chi connectivity index (χ4n) is 2.52. The fraction of sp³-hybridized carbons (Fsp3) is 0.211. The van der Waals surface area contributed by atoms with Crippen molar-refractivity contribution in [2.75, 3.05) is 19.5 Å². The van der Waals surface area contributed by atoms with Crippen LogP contribution in [0.3, 0.4) is 0 Å². The SMILES string of the molecule is COc1ccc(OC)c(C(=O)Nc2ccn(CCc3ccncc3)n2)c1. The molecule has 1 aromatic carbocycles. The number of rotatable bonds is 7. The Balaban J connectivity index is 1.66. The number of pyridine rings is 1. The van der Waals surface area contributed by atoms with E-state index in [-0.39, 0.29) is 5.91 Å². The summed E-state index contributed by atoms with van der Waals surface area (Å²) in [7, 11) is 3.07. The van der Waals surface area contributed by atoms with Crippen LogP contribution >= 0.6 is 0 Å². The number of methoxy groups -OCH3 is 2. The van der Waals surface area contributed by atoms with Crippen LogP contribution in [0.2, 0.25) is 0 Å². The molecule has 1 N–H and O–H groups in total. The molecule has 0 aliphatic carbocycles. The molecule has 0 saturated carbocycles. The summed E-state index contributed by atoms with van der Waals surface area (Å²) in [4.78, 5) is 16.6. The van der Waals surface area contributed by atoms with Crippen LogP contribution in [0, 0.1) is 0 Å². The maximum absolute atomic E-state index is 12.5. The van der Waals surface area contributed by atoms with Gasteiger partial charge in [-0.1, -0.05) is 0 Å². The lowest BCUT2D eigenvalue weighted by Gasteiger charge is -2.09. The standard InChI is InChI=1S/C19H20N4O3/c1-25-15-3-4-17(26-2)16(13-15)19(24)21-18-8-12-23(22-18)11-7-14-5-9-20-10-6-14/h3-6,8-10,12-13H,7,11H2,1-2H3,(H,21,22,24). The van der Waals surface area contributed by atoms with Gasteiger partial charge in [0, 0.05) is 31.2 Å². The second kappa shape index (κ2) is 8.15. The van der Waals surface area contributed by atoms with Crippen molar-refractivity contribution in [3.8, 4) is 11.5 Å². The van der Waals surface area contributed by atoms with Crippen molar-refractivity contribution in [1.82, 2.24) is 14.8 Å². The maximum Gasteiger partial charge on any atom is 0.260 e. The smallest absolute Gasteiger partial charge is 0.260 e. The van der Waals surface area contributed by atoms with Crippen LogP contribution in [0.25, 0.3) is 0 Å². The predicted molar refractivity (Wildman–Crippen MR) is 97.7 cm³/mol. The Morgan fingerprint density at radius 1 is 1.12 bits per heavy atom. The molecular formula is C19H20N4O3. The molecule has 0 fully saturated rings. The van der Waals surface area contributed by atoms with Gasteiger partial charge in [0.15, 0.2) is 5.82 Å². The van der Waals surface area contributed by atoms with E-state index in [0.29, 0.717) is 29.4 Å². The van der Waals surface area contributed by atoms with Crippen LogP contribution in [0.1, 0.15) is 15.9 Å². The third-order valence-electron chi connectivity index (χ3n) is 3.91. The van der Waals surface area contributed by atoms with Gasteiger partial charge >= 0.3 is 0 Å². The average molecular weight is 352 g/mol. The molecule has 7 nitrogen and oxygen atoms in total. The summed E-state index contributed by atoms with van der Waals surface area (Å²) in [6.07, 6.45) is 6.21. The van der Waals surface area contributed by atoms with Gasteiger partial charge in [-0.25, -0.2) is 0 Å². The Labute approximate surface area is 151 Å². The van der Waals surface area contributed by atoms with Gasteiger partial charge in [0.25, 0.3) is 5.91 Å². The molecule has 0 saturated heterocycles. The van der Waals surface area contributed by atoms with Crippen LogP contribution in [0.5, 0.6) is 11.5 Å². The first-order valence-electron chi connectivity index (χ1n) is 8.15. The number of nitrogens with zero attached hydrogens (tertiary/aromatic N) is 3. The van der Waals surface area contributed by atoms with Crippen molar-refractivity contribution in [3.05, 3.63) is 66.1 Å². The van der Waals surface area contributed by atoms with Gasteiger partial charge in [-0.3, -0.25) is 14.5 Å². The first-order chi connectivity index (χ1) is 12.7. The normalized spacial score (nSPS) is 10.4. The van der Waals surface area contributed by atoms with E-state index in [2.05, 4.69) is 15.4 Å². The van der Waals surface area contributed by atoms with Gasteiger partial charge in [0.05, 0.1) is 19.8 Å². The number of aryl methyl sites for hydroxylation is 2. The Morgan fingerprint density at radius 3 is 2.65 bits per heavy atom. The highest BCUT2D eigenvalue weighted by molar-refractivity contribution is 6.06. The highest BCUT2D eigenvalue weighted by atomic mass is 16.5. The molecule has 0 atom stereocenters. The zero-order valence-corrected chi connectivity index (χ0v) is 14.7. The first kappa shape index (κ1) is 17.5. The van der Waals surface area contributed by atoms with E-state index in [9.17, 15) is 4.79 Å². The van der Waals surface area contributed by atoms with E-state index in [0.717, 1.165) is 6.42 Å². The maximum atomic E-state index is 12.5. The number of aromatic nitrogens is 3. The summed E-state index contributed by atoms with van der Waals surface area (Å²) >= 11 is 0. The topological polar surface area (TPSA) is 78.3 Å². The minimum absolute atomic E-state index is 0.305. The van der Waals surface area contributed by atoms with Crippen LogP contribution in [-0.2, 0) is 13.0 Å². The van der Waals surface area contributed by atoms with E-state index < -0.39 is 0 Å². The molecule has 3 rings (SSSR count). The third kappa shape index (κ3) is 4.18. The summed E-state index contributed by atoms with van der Waals surface area (Å²) < 4.78 is 12.2. The monoisotopic (exact) mass is 352 g/mol. The zero-order chi connectivity index (χ0) is 18.4. The van der Waals surface area contributed by atoms with Crippen LogP contribution < -0.4 is 14.8 Å². The predicted octanol–water partition coefficient (Wildman–Crippen LogP) is 2.79. The second-order valence-electron chi connectivity index (χ2n) is 5.59. The highest BCUT2D eigenvalue weighted by Gasteiger charge is 2.15. The van der Waals surface area contributed by atoms with Crippen molar-refractivity contribution in [1.29, 1.82) is 0 Å². The fourth-order valence-corrected chi connectivity index (χ4v) is 2.52. The number of benzene rings is 1. The van der Waals surface area contributed by atoms with Crippen molar-refractivity contribution in [3.63, 3.8) is 0 Å². The lowest BCUT2D eigenvalue weighted by Crippen LogP contribution is -2.14. The lowest BCUT2D eigenvalue weighted by molar-refractivity contribution is 0.102. The second-order valence-corrected chi connectivity index (χ2v) is 5.59. The number of carbonyl (C=O) groups excluding carboxylic acids is 1. The lowest BCUT2D eigenvalue weighted by atomic mass is 10.1.